The van der Waals surface area contributed by atoms with E-state index in [9.17, 15) is 4.79 Å². The molecule has 0 saturated carbocycles. The second kappa shape index (κ2) is 3.09. The van der Waals surface area contributed by atoms with E-state index in [0.29, 0.717) is 9.36 Å². The van der Waals surface area contributed by atoms with Gasteiger partial charge in [0.05, 0.1) is 10.6 Å². The van der Waals surface area contributed by atoms with Gasteiger partial charge in [0.2, 0.25) is 0 Å². The molecule has 5 heteroatoms. The standard InChI is InChI=1S/C5HCl3OS/c6-2-1-10-5(8)3(2)4(7)9/h1H. The first-order valence-electron chi connectivity index (χ1n) is 2.25. The van der Waals surface area contributed by atoms with Gasteiger partial charge in [-0.2, -0.15) is 0 Å². The predicted molar refractivity (Wildman–Crippen MR) is 44.5 cm³/mol. The average Bonchev–Trinajstić information content (AvgIpc) is 2.11. The summed E-state index contributed by atoms with van der Waals surface area (Å²) in [5.74, 6) is 0. The minimum absolute atomic E-state index is 0.204. The van der Waals surface area contributed by atoms with Crippen LogP contribution in [-0.4, -0.2) is 5.24 Å². The molecule has 0 atom stereocenters. The molecule has 0 unspecified atom stereocenters. The van der Waals surface area contributed by atoms with E-state index in [1.165, 1.54) is 11.3 Å². The summed E-state index contributed by atoms with van der Waals surface area (Å²) in [6.07, 6.45) is 0. The number of halogens is 3. The van der Waals surface area contributed by atoms with Crippen LogP contribution in [0.2, 0.25) is 9.36 Å². The molecular formula is C5HCl3OS. The fourth-order valence-electron chi connectivity index (χ4n) is 0.486. The minimum Gasteiger partial charge on any atom is -0.275 e. The maximum absolute atomic E-state index is 10.6. The Morgan fingerprint density at radius 3 is 2.30 bits per heavy atom. The van der Waals surface area contributed by atoms with Crippen LogP contribution in [0.5, 0.6) is 0 Å². The molecule has 0 bridgehead atoms. The van der Waals surface area contributed by atoms with E-state index in [1.807, 2.05) is 0 Å². The first kappa shape index (κ1) is 8.34. The third-order valence-corrected chi connectivity index (χ3v) is 2.74. The van der Waals surface area contributed by atoms with Crippen molar-refractivity contribution < 1.29 is 4.79 Å². The Morgan fingerprint density at radius 2 is 2.10 bits per heavy atom. The van der Waals surface area contributed by atoms with Gasteiger partial charge in [0.15, 0.2) is 0 Å². The van der Waals surface area contributed by atoms with E-state index in [1.54, 1.807) is 5.38 Å². The lowest BCUT2D eigenvalue weighted by molar-refractivity contribution is 0.108. The third-order valence-electron chi connectivity index (χ3n) is 0.898. The van der Waals surface area contributed by atoms with Crippen molar-refractivity contribution in [2.75, 3.05) is 0 Å². The van der Waals surface area contributed by atoms with Crippen LogP contribution in [0, 0.1) is 0 Å². The molecule has 0 saturated heterocycles. The van der Waals surface area contributed by atoms with Crippen molar-refractivity contribution in [3.63, 3.8) is 0 Å². The summed E-state index contributed by atoms with van der Waals surface area (Å²) in [4.78, 5) is 10.6. The molecule has 10 heavy (non-hydrogen) atoms. The summed E-state index contributed by atoms with van der Waals surface area (Å²) in [5, 5.41) is 1.27. The topological polar surface area (TPSA) is 17.1 Å². The lowest BCUT2D eigenvalue weighted by Crippen LogP contribution is -1.85. The molecule has 1 aromatic heterocycles. The fraction of sp³-hybridized carbons (Fsp3) is 0. The molecule has 0 spiro atoms. The van der Waals surface area contributed by atoms with Crippen LogP contribution >= 0.6 is 46.1 Å². The number of rotatable bonds is 1. The van der Waals surface area contributed by atoms with Gasteiger partial charge in [0, 0.05) is 5.38 Å². The van der Waals surface area contributed by atoms with Gasteiger partial charge in [-0.3, -0.25) is 4.79 Å². The van der Waals surface area contributed by atoms with Gasteiger partial charge in [-0.15, -0.1) is 11.3 Å². The summed E-state index contributed by atoms with van der Waals surface area (Å²) in [6, 6.07) is 0. The highest BCUT2D eigenvalue weighted by Gasteiger charge is 2.13. The highest BCUT2D eigenvalue weighted by atomic mass is 35.5. The first-order chi connectivity index (χ1) is 4.63. The molecule has 1 nitrogen and oxygen atoms in total. The molecule has 1 aromatic rings. The number of carbonyl (C=O) groups is 1. The Balaban J connectivity index is 3.23. The Hall–Kier alpha value is 0.240. The van der Waals surface area contributed by atoms with Crippen LogP contribution in [-0.2, 0) is 0 Å². The zero-order valence-electron chi connectivity index (χ0n) is 4.53. The highest BCUT2D eigenvalue weighted by Crippen LogP contribution is 2.32. The maximum atomic E-state index is 10.6. The van der Waals surface area contributed by atoms with Crippen molar-refractivity contribution in [2.24, 2.45) is 0 Å². The van der Waals surface area contributed by atoms with Crippen molar-refractivity contribution in [1.82, 2.24) is 0 Å². The molecule has 1 rings (SSSR count). The van der Waals surface area contributed by atoms with E-state index in [0.717, 1.165) is 0 Å². The molecule has 0 aliphatic carbocycles. The summed E-state index contributed by atoms with van der Waals surface area (Å²) >= 11 is 17.5. The average molecular weight is 215 g/mol. The zero-order chi connectivity index (χ0) is 7.72. The molecule has 0 aromatic carbocycles. The SMILES string of the molecule is O=C(Cl)c1c(Cl)csc1Cl. The molecular weight excluding hydrogens is 214 g/mol. The molecule has 1 heterocycles. The molecule has 0 N–H and O–H groups in total. The zero-order valence-corrected chi connectivity index (χ0v) is 7.61. The van der Waals surface area contributed by atoms with Gasteiger partial charge in [-0.25, -0.2) is 0 Å². The van der Waals surface area contributed by atoms with E-state index in [4.69, 9.17) is 34.8 Å². The van der Waals surface area contributed by atoms with Crippen molar-refractivity contribution >= 4 is 51.4 Å². The highest BCUT2D eigenvalue weighted by molar-refractivity contribution is 7.15. The van der Waals surface area contributed by atoms with E-state index >= 15 is 0 Å². The monoisotopic (exact) mass is 214 g/mol. The summed E-state index contributed by atoms with van der Waals surface area (Å²) in [6.45, 7) is 0. The second-order valence-corrected chi connectivity index (χ2v) is 3.74. The van der Waals surface area contributed by atoms with Crippen LogP contribution in [0.1, 0.15) is 10.4 Å². The largest absolute Gasteiger partial charge is 0.275 e. The van der Waals surface area contributed by atoms with E-state index in [-0.39, 0.29) is 5.56 Å². The van der Waals surface area contributed by atoms with Crippen molar-refractivity contribution in [1.29, 1.82) is 0 Å². The number of hydrogen-bond donors (Lipinski definition) is 0. The van der Waals surface area contributed by atoms with Crippen LogP contribution in [0.4, 0.5) is 0 Å². The van der Waals surface area contributed by atoms with Crippen molar-refractivity contribution in [2.45, 2.75) is 0 Å². The van der Waals surface area contributed by atoms with E-state index < -0.39 is 5.24 Å². The summed E-state index contributed by atoms with van der Waals surface area (Å²) in [5.41, 5.74) is 0.204. The Labute approximate surface area is 76.5 Å². The predicted octanol–water partition coefficient (Wildman–Crippen LogP) is 3.43. The van der Waals surface area contributed by atoms with Crippen LogP contribution in [0.25, 0.3) is 0 Å². The lowest BCUT2D eigenvalue weighted by atomic mass is 10.4. The second-order valence-electron chi connectivity index (χ2n) is 1.51. The molecule has 0 radical (unpaired) electrons. The summed E-state index contributed by atoms with van der Waals surface area (Å²) < 4.78 is 0.338. The molecule has 0 fully saturated rings. The quantitative estimate of drug-likeness (QED) is 0.656. The molecule has 0 aliphatic rings. The van der Waals surface area contributed by atoms with Gasteiger partial charge in [-0.1, -0.05) is 23.2 Å². The van der Waals surface area contributed by atoms with Crippen LogP contribution in [0.3, 0.4) is 0 Å². The minimum atomic E-state index is -0.615. The number of thiophene rings is 1. The number of hydrogen-bond acceptors (Lipinski definition) is 2. The number of carbonyl (C=O) groups excluding carboxylic acids is 1. The van der Waals surface area contributed by atoms with Gasteiger partial charge in [-0.05, 0) is 11.6 Å². The van der Waals surface area contributed by atoms with Gasteiger partial charge in [0.1, 0.15) is 4.34 Å². The van der Waals surface area contributed by atoms with Crippen LogP contribution < -0.4 is 0 Å². The lowest BCUT2D eigenvalue weighted by Gasteiger charge is -1.87. The van der Waals surface area contributed by atoms with Gasteiger partial charge in [0.25, 0.3) is 5.24 Å². The molecule has 0 aliphatic heterocycles. The van der Waals surface area contributed by atoms with Gasteiger partial charge >= 0.3 is 0 Å². The van der Waals surface area contributed by atoms with Crippen molar-refractivity contribution in [3.05, 3.63) is 20.3 Å². The van der Waals surface area contributed by atoms with Gasteiger partial charge < -0.3 is 0 Å². The maximum Gasteiger partial charge on any atom is 0.256 e. The first-order valence-corrected chi connectivity index (χ1v) is 4.26. The Morgan fingerprint density at radius 1 is 1.50 bits per heavy atom. The Bertz CT molecular complexity index is 248. The molecule has 0 amide bonds. The summed E-state index contributed by atoms with van der Waals surface area (Å²) in [7, 11) is 0. The van der Waals surface area contributed by atoms with Crippen LogP contribution in [0.15, 0.2) is 5.38 Å². The third kappa shape index (κ3) is 1.45. The Kier molecular flexibility index (Phi) is 2.58. The molecule has 54 valence electrons. The van der Waals surface area contributed by atoms with Crippen molar-refractivity contribution in [3.8, 4) is 0 Å². The van der Waals surface area contributed by atoms with E-state index in [2.05, 4.69) is 0 Å². The smallest absolute Gasteiger partial charge is 0.256 e. The normalized spacial score (nSPS) is 9.90. The fourth-order valence-corrected chi connectivity index (χ4v) is 2.22.